The lowest BCUT2D eigenvalue weighted by Crippen LogP contribution is -2.24. The largest absolute Gasteiger partial charge is 0.478 e. The Balaban J connectivity index is 1.67. The number of benzene rings is 2. The van der Waals surface area contributed by atoms with E-state index >= 15 is 0 Å². The molecule has 1 aromatic heterocycles. The van der Waals surface area contributed by atoms with Gasteiger partial charge in [0.2, 0.25) is 5.13 Å². The predicted octanol–water partition coefficient (Wildman–Crippen LogP) is 5.55. The highest BCUT2D eigenvalue weighted by Gasteiger charge is 2.61. The van der Waals surface area contributed by atoms with Crippen molar-refractivity contribution in [3.63, 3.8) is 0 Å². The van der Waals surface area contributed by atoms with Crippen molar-refractivity contribution in [2.24, 2.45) is 5.10 Å². The summed E-state index contributed by atoms with van der Waals surface area (Å²) in [5, 5.41) is 16.9. The second kappa shape index (κ2) is 7.73. The third kappa shape index (κ3) is 4.17. The molecule has 0 bridgehead atoms. The molecule has 0 amide bonds. The molecule has 1 heterocycles. The van der Waals surface area contributed by atoms with Gasteiger partial charge in [-0.25, -0.2) is 28.0 Å². The van der Waals surface area contributed by atoms with E-state index < -0.39 is 30.2 Å². The minimum Gasteiger partial charge on any atom is -0.478 e. The number of aromatic nitrogens is 1. The van der Waals surface area contributed by atoms with Crippen LogP contribution in [0.4, 0.5) is 18.3 Å². The molecular formula is C20H13ClF3N3O2S. The SMILES string of the molecule is O=C(O)c1cc(F)ccc1/C=N/N(c1nc(-c2ccc(Cl)cc2)cs1)C1CC1(F)F. The number of hydrazone groups is 1. The van der Waals surface area contributed by atoms with Crippen LogP contribution < -0.4 is 5.01 Å². The van der Waals surface area contributed by atoms with Crippen LogP contribution >= 0.6 is 22.9 Å². The van der Waals surface area contributed by atoms with Crippen molar-refractivity contribution in [3.8, 4) is 11.3 Å². The number of alkyl halides is 2. The number of aromatic carboxylic acids is 1. The average Bonchev–Trinajstić information content (AvgIpc) is 3.10. The topological polar surface area (TPSA) is 65.8 Å². The summed E-state index contributed by atoms with van der Waals surface area (Å²) in [4.78, 5) is 15.7. The summed E-state index contributed by atoms with van der Waals surface area (Å²) in [6.45, 7) is 0. The zero-order valence-corrected chi connectivity index (χ0v) is 16.7. The van der Waals surface area contributed by atoms with Crippen LogP contribution in [0.25, 0.3) is 11.3 Å². The van der Waals surface area contributed by atoms with Gasteiger partial charge >= 0.3 is 5.97 Å². The maximum absolute atomic E-state index is 13.8. The maximum atomic E-state index is 13.8. The summed E-state index contributed by atoms with van der Waals surface area (Å²) in [6.07, 6.45) is 0.732. The smallest absolute Gasteiger partial charge is 0.336 e. The second-order valence-corrected chi connectivity index (χ2v) is 7.90. The van der Waals surface area contributed by atoms with Gasteiger partial charge in [-0.1, -0.05) is 23.7 Å². The van der Waals surface area contributed by atoms with Crippen molar-refractivity contribution >= 4 is 40.3 Å². The molecule has 1 aliphatic rings. The summed E-state index contributed by atoms with van der Waals surface area (Å²) < 4.78 is 41.0. The molecule has 10 heteroatoms. The highest BCUT2D eigenvalue weighted by atomic mass is 35.5. The Hall–Kier alpha value is -2.91. The number of hydrogen-bond donors (Lipinski definition) is 1. The molecule has 1 aliphatic carbocycles. The number of rotatable bonds is 6. The van der Waals surface area contributed by atoms with E-state index in [1.807, 2.05) is 0 Å². The van der Waals surface area contributed by atoms with Crippen LogP contribution in [0.3, 0.4) is 0 Å². The number of carboxylic acid groups (broad SMARTS) is 1. The zero-order chi connectivity index (χ0) is 21.5. The number of thiazole rings is 1. The highest BCUT2D eigenvalue weighted by Crippen LogP contribution is 2.48. The summed E-state index contributed by atoms with van der Waals surface area (Å²) in [5.74, 6) is -5.00. The van der Waals surface area contributed by atoms with Crippen LogP contribution in [0.2, 0.25) is 5.02 Å². The summed E-state index contributed by atoms with van der Waals surface area (Å²) >= 11 is 7.02. The zero-order valence-electron chi connectivity index (χ0n) is 15.1. The van der Waals surface area contributed by atoms with Gasteiger partial charge < -0.3 is 5.11 Å². The quantitative estimate of drug-likeness (QED) is 0.394. The molecule has 1 fully saturated rings. The van der Waals surface area contributed by atoms with E-state index in [0.29, 0.717) is 10.7 Å². The van der Waals surface area contributed by atoms with Crippen LogP contribution in [-0.2, 0) is 0 Å². The van der Waals surface area contributed by atoms with Crippen molar-refractivity contribution in [2.45, 2.75) is 18.4 Å². The molecule has 0 aliphatic heterocycles. The van der Waals surface area contributed by atoms with Crippen molar-refractivity contribution in [3.05, 3.63) is 69.8 Å². The molecule has 1 unspecified atom stereocenters. The number of carbonyl (C=O) groups is 1. The molecule has 1 atom stereocenters. The Labute approximate surface area is 178 Å². The van der Waals surface area contributed by atoms with E-state index in [4.69, 9.17) is 11.6 Å². The van der Waals surface area contributed by atoms with E-state index in [2.05, 4.69) is 10.1 Å². The Morgan fingerprint density at radius 3 is 2.63 bits per heavy atom. The lowest BCUT2D eigenvalue weighted by atomic mass is 10.1. The van der Waals surface area contributed by atoms with Crippen LogP contribution in [0.1, 0.15) is 22.3 Å². The van der Waals surface area contributed by atoms with Crippen LogP contribution in [0.15, 0.2) is 52.9 Å². The molecule has 3 aromatic rings. The third-order valence-electron chi connectivity index (χ3n) is 4.48. The standard InChI is InChI=1S/C20H13ClF3N3O2S/c21-13-4-1-11(2-5-13)16-10-30-19(26-16)27(17-8-20(17,23)24)25-9-12-3-6-14(22)7-15(12)18(28)29/h1-7,9-10,17H,8H2,(H,28,29)/b25-9+. The highest BCUT2D eigenvalue weighted by molar-refractivity contribution is 7.14. The fourth-order valence-electron chi connectivity index (χ4n) is 2.80. The minimum absolute atomic E-state index is 0.0901. The summed E-state index contributed by atoms with van der Waals surface area (Å²) in [7, 11) is 0. The van der Waals surface area contributed by atoms with Crippen LogP contribution in [0, 0.1) is 5.82 Å². The fourth-order valence-corrected chi connectivity index (χ4v) is 3.77. The maximum Gasteiger partial charge on any atom is 0.336 e. The number of carboxylic acids is 1. The van der Waals surface area contributed by atoms with Gasteiger partial charge in [0.1, 0.15) is 11.9 Å². The van der Waals surface area contributed by atoms with E-state index in [9.17, 15) is 23.1 Å². The molecule has 0 saturated heterocycles. The van der Waals surface area contributed by atoms with Crippen LogP contribution in [0.5, 0.6) is 0 Å². The molecule has 5 nitrogen and oxygen atoms in total. The Kier molecular flexibility index (Phi) is 5.25. The van der Waals surface area contributed by atoms with E-state index in [1.54, 1.807) is 29.6 Å². The first-order valence-corrected chi connectivity index (χ1v) is 9.96. The van der Waals surface area contributed by atoms with Crippen molar-refractivity contribution in [2.75, 3.05) is 5.01 Å². The molecule has 1 N–H and O–H groups in total. The van der Waals surface area contributed by atoms with Gasteiger partial charge in [0.05, 0.1) is 17.5 Å². The van der Waals surface area contributed by atoms with Gasteiger partial charge in [0.15, 0.2) is 0 Å². The Morgan fingerprint density at radius 2 is 2.00 bits per heavy atom. The first kappa shape index (κ1) is 20.4. The molecule has 0 radical (unpaired) electrons. The Bertz CT molecular complexity index is 1130. The monoisotopic (exact) mass is 451 g/mol. The minimum atomic E-state index is -2.93. The normalized spacial score (nSPS) is 17.3. The molecule has 154 valence electrons. The molecule has 4 rings (SSSR count). The molecular weight excluding hydrogens is 439 g/mol. The van der Waals surface area contributed by atoms with Crippen molar-refractivity contribution in [1.29, 1.82) is 0 Å². The summed E-state index contributed by atoms with van der Waals surface area (Å²) in [5.41, 5.74) is 1.11. The van der Waals surface area contributed by atoms with Gasteiger partial charge in [0, 0.05) is 28.0 Å². The van der Waals surface area contributed by atoms with Crippen molar-refractivity contribution < 1.29 is 23.1 Å². The molecule has 30 heavy (non-hydrogen) atoms. The molecule has 2 aromatic carbocycles. The number of anilines is 1. The lowest BCUT2D eigenvalue weighted by molar-refractivity contribution is 0.0696. The van der Waals surface area contributed by atoms with Gasteiger partial charge in [-0.05, 0) is 30.3 Å². The first-order valence-electron chi connectivity index (χ1n) is 8.70. The number of halogens is 4. The van der Waals surface area contributed by atoms with E-state index in [-0.39, 0.29) is 16.3 Å². The third-order valence-corrected chi connectivity index (χ3v) is 5.57. The fraction of sp³-hybridized carbons (Fsp3) is 0.150. The van der Waals surface area contributed by atoms with Crippen LogP contribution in [-0.4, -0.2) is 34.2 Å². The lowest BCUT2D eigenvalue weighted by Gasteiger charge is -2.15. The van der Waals surface area contributed by atoms with Gasteiger partial charge in [-0.2, -0.15) is 5.10 Å². The molecule has 0 spiro atoms. The first-order chi connectivity index (χ1) is 14.2. The van der Waals surface area contributed by atoms with Gasteiger partial charge in [0.25, 0.3) is 5.92 Å². The van der Waals surface area contributed by atoms with Gasteiger partial charge in [-0.3, -0.25) is 0 Å². The number of hydrogen-bond acceptors (Lipinski definition) is 5. The second-order valence-electron chi connectivity index (χ2n) is 6.63. The van der Waals surface area contributed by atoms with E-state index in [0.717, 1.165) is 40.3 Å². The summed E-state index contributed by atoms with van der Waals surface area (Å²) in [6, 6.07) is 8.88. The average molecular weight is 452 g/mol. The molecule has 1 saturated carbocycles. The van der Waals surface area contributed by atoms with Gasteiger partial charge in [-0.15, -0.1) is 11.3 Å². The Morgan fingerprint density at radius 1 is 1.30 bits per heavy atom. The van der Waals surface area contributed by atoms with E-state index in [1.165, 1.54) is 6.07 Å². The van der Waals surface area contributed by atoms with Crippen molar-refractivity contribution in [1.82, 2.24) is 4.98 Å². The number of nitrogens with zero attached hydrogens (tertiary/aromatic N) is 3. The predicted molar refractivity (Wildman–Crippen MR) is 109 cm³/mol.